The first kappa shape index (κ1) is 30.5. The zero-order valence-electron chi connectivity index (χ0n) is 24.8. The Balaban J connectivity index is 1.55. The number of aryl methyl sites for hydroxylation is 2. The predicted molar refractivity (Wildman–Crippen MR) is 172 cm³/mol. The minimum atomic E-state index is -4.76. The summed E-state index contributed by atoms with van der Waals surface area (Å²) in [6.45, 7) is 6.77. The van der Waals surface area contributed by atoms with E-state index in [1.54, 1.807) is 60.7 Å². The van der Waals surface area contributed by atoms with Gasteiger partial charge in [-0.15, -0.1) is 11.3 Å². The molecule has 232 valence electrons. The lowest BCUT2D eigenvalue weighted by Gasteiger charge is -2.16. The van der Waals surface area contributed by atoms with E-state index in [-0.39, 0.29) is 28.7 Å². The van der Waals surface area contributed by atoms with Gasteiger partial charge < -0.3 is 15.8 Å². The number of ether oxygens (including phenoxy) is 1. The number of nitrogens with two attached hydrogens (primary N) is 1. The molecule has 0 aliphatic rings. The van der Waals surface area contributed by atoms with Gasteiger partial charge in [-0.3, -0.25) is 9.48 Å². The lowest BCUT2D eigenvalue weighted by Crippen LogP contribution is -2.16. The van der Waals surface area contributed by atoms with Gasteiger partial charge in [0.15, 0.2) is 0 Å². The molecule has 0 unspecified atom stereocenters. The van der Waals surface area contributed by atoms with E-state index in [0.29, 0.717) is 27.1 Å². The topological polar surface area (TPSA) is 121 Å². The molecule has 0 aliphatic carbocycles. The Hall–Kier alpha value is -5.56. The molecule has 0 aliphatic heterocycles. The van der Waals surface area contributed by atoms with Gasteiger partial charge in [0.05, 0.1) is 17.4 Å². The van der Waals surface area contributed by atoms with E-state index in [2.05, 4.69) is 31.9 Å². The van der Waals surface area contributed by atoms with E-state index in [4.69, 9.17) is 10.5 Å². The molecule has 6 rings (SSSR count). The summed E-state index contributed by atoms with van der Waals surface area (Å²) in [5.74, 6) is -0.0244. The van der Waals surface area contributed by atoms with Gasteiger partial charge in [0.2, 0.25) is 0 Å². The number of hydrogen-bond acceptors (Lipinski definition) is 8. The van der Waals surface area contributed by atoms with Crippen LogP contribution in [0.4, 0.5) is 24.7 Å². The number of nitrogen functional groups attached to an aromatic ring is 1. The number of alkyl halides is 3. The van der Waals surface area contributed by atoms with E-state index in [1.165, 1.54) is 30.4 Å². The molecule has 0 fully saturated rings. The predicted octanol–water partition coefficient (Wildman–Crippen LogP) is 8.04. The maximum atomic E-state index is 14.4. The molecule has 4 aromatic heterocycles. The number of benzene rings is 2. The van der Waals surface area contributed by atoms with E-state index >= 15 is 0 Å². The Morgan fingerprint density at radius 1 is 1.04 bits per heavy atom. The molecule has 0 saturated heterocycles. The highest BCUT2D eigenvalue weighted by atomic mass is 32.1. The van der Waals surface area contributed by atoms with Crippen LogP contribution in [0.5, 0.6) is 11.8 Å². The molecule has 0 bridgehead atoms. The highest BCUT2D eigenvalue weighted by Gasteiger charge is 2.35. The van der Waals surface area contributed by atoms with Gasteiger partial charge in [-0.25, -0.2) is 15.0 Å². The van der Waals surface area contributed by atoms with E-state index in [0.717, 1.165) is 27.6 Å². The summed E-state index contributed by atoms with van der Waals surface area (Å²) in [5, 5.41) is 7.18. The standard InChI is InChI=1S/C33H26F3N7O2S/c1-17(2)31(44)42-25-10-7-20(13-24(25)33(34,35)36)28-26(19-5-8-22(9-6-19)45-32-38-12-11-18(3)41-32)27-29(46-28)23(15-39-30(27)37)21-14-40-43(4)16-21/h5-16H,1H2,2-4H3,(H2,37,39)(H,42,44). The first-order valence-electron chi connectivity index (χ1n) is 13.9. The van der Waals surface area contributed by atoms with Gasteiger partial charge in [0, 0.05) is 68.6 Å². The van der Waals surface area contributed by atoms with Crippen LogP contribution in [0.2, 0.25) is 0 Å². The average Bonchev–Trinajstić information content (AvgIpc) is 3.62. The molecular weight excluding hydrogens is 615 g/mol. The van der Waals surface area contributed by atoms with Crippen molar-refractivity contribution in [1.82, 2.24) is 24.7 Å². The molecule has 9 nitrogen and oxygen atoms in total. The molecule has 2 aromatic carbocycles. The van der Waals surface area contributed by atoms with Crippen LogP contribution in [0.25, 0.3) is 42.8 Å². The van der Waals surface area contributed by atoms with Gasteiger partial charge in [-0.2, -0.15) is 18.3 Å². The summed E-state index contributed by atoms with van der Waals surface area (Å²) < 4.78 is 51.4. The highest BCUT2D eigenvalue weighted by Crippen LogP contribution is 2.50. The molecule has 0 spiro atoms. The van der Waals surface area contributed by atoms with Crippen molar-refractivity contribution < 1.29 is 22.7 Å². The van der Waals surface area contributed by atoms with Crippen LogP contribution >= 0.6 is 11.3 Å². The normalized spacial score (nSPS) is 11.5. The summed E-state index contributed by atoms with van der Waals surface area (Å²) >= 11 is 1.29. The van der Waals surface area contributed by atoms with E-state index in [9.17, 15) is 18.0 Å². The number of fused-ring (bicyclic) bond motifs is 1. The Morgan fingerprint density at radius 2 is 1.78 bits per heavy atom. The zero-order chi connectivity index (χ0) is 32.7. The van der Waals surface area contributed by atoms with Crippen molar-refractivity contribution in [2.24, 2.45) is 7.05 Å². The molecule has 4 heterocycles. The SMILES string of the molecule is C=C(C)C(=O)Nc1ccc(-c2sc3c(-c4cnn(C)c4)cnc(N)c3c2-c2ccc(Oc3nccc(C)n3)cc2)cc1C(F)(F)F. The van der Waals surface area contributed by atoms with Crippen molar-refractivity contribution in [3.8, 4) is 44.5 Å². The Morgan fingerprint density at radius 3 is 2.43 bits per heavy atom. The number of nitrogens with one attached hydrogen (secondary N) is 1. The van der Waals surface area contributed by atoms with Crippen molar-refractivity contribution in [1.29, 1.82) is 0 Å². The van der Waals surface area contributed by atoms with Crippen LogP contribution in [0.15, 0.2) is 85.5 Å². The number of amides is 1. The minimum Gasteiger partial charge on any atom is -0.424 e. The summed E-state index contributed by atoms with van der Waals surface area (Å²) in [4.78, 5) is 25.6. The van der Waals surface area contributed by atoms with Crippen LogP contribution < -0.4 is 15.8 Å². The minimum absolute atomic E-state index is 0.0799. The second kappa shape index (κ2) is 11.7. The van der Waals surface area contributed by atoms with Crippen LogP contribution in [0.3, 0.4) is 0 Å². The number of pyridine rings is 1. The van der Waals surface area contributed by atoms with Crippen molar-refractivity contribution in [2.75, 3.05) is 11.1 Å². The van der Waals surface area contributed by atoms with Gasteiger partial charge in [-0.1, -0.05) is 24.8 Å². The lowest BCUT2D eigenvalue weighted by atomic mass is 9.96. The van der Waals surface area contributed by atoms with Crippen LogP contribution in [0, 0.1) is 6.92 Å². The number of rotatable bonds is 7. The molecule has 46 heavy (non-hydrogen) atoms. The van der Waals surface area contributed by atoms with Crippen LogP contribution in [0.1, 0.15) is 18.2 Å². The molecular formula is C33H26F3N7O2S. The van der Waals surface area contributed by atoms with Crippen molar-refractivity contribution in [3.05, 3.63) is 96.7 Å². The fourth-order valence-corrected chi connectivity index (χ4v) is 6.26. The number of carbonyl (C=O) groups is 1. The zero-order valence-corrected chi connectivity index (χ0v) is 25.6. The quantitative estimate of drug-likeness (QED) is 0.169. The van der Waals surface area contributed by atoms with Gasteiger partial charge >= 0.3 is 12.2 Å². The number of hydrogen-bond donors (Lipinski definition) is 2. The molecule has 0 saturated carbocycles. The molecule has 0 atom stereocenters. The van der Waals surface area contributed by atoms with Gasteiger partial charge in [0.1, 0.15) is 11.6 Å². The second-order valence-corrected chi connectivity index (χ2v) is 11.6. The summed E-state index contributed by atoms with van der Waals surface area (Å²) in [7, 11) is 1.79. The third-order valence-electron chi connectivity index (χ3n) is 7.11. The summed E-state index contributed by atoms with van der Waals surface area (Å²) in [6, 6.07) is 12.8. The third-order valence-corrected chi connectivity index (χ3v) is 8.38. The Bertz CT molecular complexity index is 2140. The first-order valence-corrected chi connectivity index (χ1v) is 14.7. The maximum absolute atomic E-state index is 14.4. The highest BCUT2D eigenvalue weighted by molar-refractivity contribution is 7.23. The number of anilines is 2. The lowest BCUT2D eigenvalue weighted by molar-refractivity contribution is -0.136. The maximum Gasteiger partial charge on any atom is 0.418 e. The smallest absolute Gasteiger partial charge is 0.418 e. The fraction of sp³-hybridized carbons (Fsp3) is 0.121. The first-order chi connectivity index (χ1) is 21.9. The van der Waals surface area contributed by atoms with E-state index < -0.39 is 17.6 Å². The molecule has 13 heteroatoms. The third kappa shape index (κ3) is 5.92. The van der Waals surface area contributed by atoms with Crippen molar-refractivity contribution >= 4 is 38.8 Å². The summed E-state index contributed by atoms with van der Waals surface area (Å²) in [5.41, 5.74) is 8.99. The number of halogens is 3. The van der Waals surface area contributed by atoms with E-state index in [1.807, 2.05) is 13.1 Å². The Labute approximate surface area is 265 Å². The average molecular weight is 642 g/mol. The molecule has 0 radical (unpaired) electrons. The van der Waals surface area contributed by atoms with Gasteiger partial charge in [0.25, 0.3) is 5.91 Å². The molecule has 3 N–H and O–H groups in total. The number of thiophene rings is 1. The monoisotopic (exact) mass is 641 g/mol. The van der Waals surface area contributed by atoms with Gasteiger partial charge in [-0.05, 0) is 55.3 Å². The van der Waals surface area contributed by atoms with Crippen molar-refractivity contribution in [3.63, 3.8) is 0 Å². The second-order valence-electron chi connectivity index (χ2n) is 10.6. The molecule has 1 amide bonds. The molecule has 6 aromatic rings. The van der Waals surface area contributed by atoms with Crippen LogP contribution in [-0.2, 0) is 18.0 Å². The van der Waals surface area contributed by atoms with Crippen molar-refractivity contribution in [2.45, 2.75) is 20.0 Å². The number of nitrogens with zero attached hydrogens (tertiary/aromatic N) is 5. The largest absolute Gasteiger partial charge is 0.424 e. The fourth-order valence-electron chi connectivity index (χ4n) is 4.90. The number of carbonyl (C=O) groups excluding carboxylic acids is 1. The Kier molecular flexibility index (Phi) is 7.78. The summed E-state index contributed by atoms with van der Waals surface area (Å²) in [6.07, 6.45) is 1.98. The van der Waals surface area contributed by atoms with Crippen LogP contribution in [-0.4, -0.2) is 30.6 Å². The number of aromatic nitrogens is 5.